The zero-order chi connectivity index (χ0) is 21.2. The van der Waals surface area contributed by atoms with Crippen molar-refractivity contribution in [1.29, 1.82) is 0 Å². The Labute approximate surface area is 179 Å². The molecule has 164 valence electrons. The number of ketones is 1. The van der Waals surface area contributed by atoms with Crippen molar-refractivity contribution in [3.63, 3.8) is 0 Å². The molecule has 0 aromatic heterocycles. The molecule has 7 unspecified atom stereocenters. The van der Waals surface area contributed by atoms with Crippen LogP contribution in [0.4, 0.5) is 0 Å². The van der Waals surface area contributed by atoms with Crippen LogP contribution in [0.1, 0.15) is 92.4 Å². The van der Waals surface area contributed by atoms with Gasteiger partial charge in [0.15, 0.2) is 5.78 Å². The molecule has 2 heteroatoms. The van der Waals surface area contributed by atoms with Gasteiger partial charge >= 0.3 is 0 Å². The number of fused-ring (bicyclic) bond motifs is 5. The molecule has 0 aromatic carbocycles. The first-order valence-corrected chi connectivity index (χ1v) is 12.4. The summed E-state index contributed by atoms with van der Waals surface area (Å²) < 4.78 is 0. The normalized spacial score (nSPS) is 41.4. The van der Waals surface area contributed by atoms with Gasteiger partial charge in [-0.05, 0) is 91.1 Å². The predicted octanol–water partition coefficient (Wildman–Crippen LogP) is 6.74. The van der Waals surface area contributed by atoms with Gasteiger partial charge in [0.2, 0.25) is 0 Å². The number of hydrogen-bond donors (Lipinski definition) is 1. The number of carbonyl (C=O) groups excluding carboxylic acids is 1. The average Bonchev–Trinajstić information content (AvgIpc) is 3.04. The molecule has 2 fully saturated rings. The molecule has 7 atom stereocenters. The van der Waals surface area contributed by atoms with Gasteiger partial charge in [-0.3, -0.25) is 4.79 Å². The van der Waals surface area contributed by atoms with E-state index in [1.807, 2.05) is 6.08 Å². The highest BCUT2D eigenvalue weighted by Gasteiger charge is 2.58. The summed E-state index contributed by atoms with van der Waals surface area (Å²) in [6, 6.07) is 0. The number of unbranched alkanes of at least 4 members (excludes halogenated alkanes) is 1. The van der Waals surface area contributed by atoms with Crippen molar-refractivity contribution in [2.45, 2.75) is 92.4 Å². The van der Waals surface area contributed by atoms with Gasteiger partial charge in [0, 0.05) is 13.0 Å². The van der Waals surface area contributed by atoms with Gasteiger partial charge in [0.05, 0.1) is 0 Å². The van der Waals surface area contributed by atoms with E-state index >= 15 is 0 Å². The molecular weight excluding hydrogens is 356 g/mol. The van der Waals surface area contributed by atoms with E-state index < -0.39 is 0 Å². The molecular formula is C27H44O2. The number of allylic oxidation sites excluding steroid dienone is 4. The fourth-order valence-corrected chi connectivity index (χ4v) is 7.70. The van der Waals surface area contributed by atoms with Crippen LogP contribution in [-0.4, -0.2) is 17.5 Å². The van der Waals surface area contributed by atoms with Crippen molar-refractivity contribution >= 4 is 5.78 Å². The van der Waals surface area contributed by atoms with E-state index in [1.165, 1.54) is 50.5 Å². The third-order valence-corrected chi connectivity index (χ3v) is 9.29. The molecule has 0 spiro atoms. The predicted molar refractivity (Wildman–Crippen MR) is 122 cm³/mol. The Morgan fingerprint density at radius 3 is 2.55 bits per heavy atom. The van der Waals surface area contributed by atoms with Gasteiger partial charge < -0.3 is 5.11 Å². The van der Waals surface area contributed by atoms with E-state index in [9.17, 15) is 4.79 Å². The van der Waals surface area contributed by atoms with Crippen LogP contribution >= 0.6 is 0 Å². The summed E-state index contributed by atoms with van der Waals surface area (Å²) in [5.41, 5.74) is 2.13. The van der Waals surface area contributed by atoms with E-state index in [0.29, 0.717) is 11.2 Å². The Hall–Kier alpha value is -0.890. The van der Waals surface area contributed by atoms with E-state index in [2.05, 4.69) is 39.8 Å². The van der Waals surface area contributed by atoms with Crippen LogP contribution in [0.5, 0.6) is 0 Å². The third-order valence-electron chi connectivity index (χ3n) is 9.29. The first-order valence-electron chi connectivity index (χ1n) is 12.4. The minimum atomic E-state index is 0.250. The molecule has 29 heavy (non-hydrogen) atoms. The highest BCUT2D eigenvalue weighted by atomic mass is 16.2. The van der Waals surface area contributed by atoms with Crippen LogP contribution in [-0.2, 0) is 4.79 Å². The van der Waals surface area contributed by atoms with E-state index in [0.717, 1.165) is 42.4 Å². The van der Waals surface area contributed by atoms with Crippen LogP contribution in [0.3, 0.4) is 0 Å². The molecule has 4 aliphatic rings. The maximum absolute atomic E-state index is 11.9. The lowest BCUT2D eigenvalue weighted by atomic mass is 9.48. The van der Waals surface area contributed by atoms with Crippen LogP contribution < -0.4 is 0 Å². The van der Waals surface area contributed by atoms with Crippen molar-refractivity contribution in [3.05, 3.63) is 23.8 Å². The summed E-state index contributed by atoms with van der Waals surface area (Å²) in [5.74, 6) is 4.51. The van der Waals surface area contributed by atoms with Gasteiger partial charge in [0.1, 0.15) is 0 Å². The SMILES string of the molecule is CCCCC(C)C1CCC2C3C=CC4=CC(=O)CCC4(C)C3CCC12C.CCO. The van der Waals surface area contributed by atoms with E-state index in [4.69, 9.17) is 5.11 Å². The number of rotatable bonds is 4. The van der Waals surface area contributed by atoms with Crippen molar-refractivity contribution < 1.29 is 9.90 Å². The van der Waals surface area contributed by atoms with Gasteiger partial charge in [-0.25, -0.2) is 0 Å². The summed E-state index contributed by atoms with van der Waals surface area (Å²) in [7, 11) is 0. The average molecular weight is 401 g/mol. The smallest absolute Gasteiger partial charge is 0.156 e. The molecule has 4 aliphatic carbocycles. The second-order valence-electron chi connectivity index (χ2n) is 10.8. The number of hydrogen-bond acceptors (Lipinski definition) is 2. The second kappa shape index (κ2) is 9.08. The fraction of sp³-hybridized carbons (Fsp3) is 0.815. The zero-order valence-corrected chi connectivity index (χ0v) is 19.5. The first-order chi connectivity index (χ1) is 13.8. The molecule has 0 aliphatic heterocycles. The monoisotopic (exact) mass is 400 g/mol. The third kappa shape index (κ3) is 4.03. The Morgan fingerprint density at radius 1 is 1.14 bits per heavy atom. The van der Waals surface area contributed by atoms with Gasteiger partial charge in [-0.15, -0.1) is 0 Å². The molecule has 0 aromatic rings. The molecule has 0 heterocycles. The van der Waals surface area contributed by atoms with Crippen molar-refractivity contribution in [2.24, 2.45) is 40.4 Å². The van der Waals surface area contributed by atoms with E-state index in [1.54, 1.807) is 6.92 Å². The van der Waals surface area contributed by atoms with Crippen LogP contribution in [0, 0.1) is 40.4 Å². The van der Waals surface area contributed by atoms with Crippen LogP contribution in [0.25, 0.3) is 0 Å². The van der Waals surface area contributed by atoms with Gasteiger partial charge in [-0.2, -0.15) is 0 Å². The minimum absolute atomic E-state index is 0.250. The topological polar surface area (TPSA) is 37.3 Å². The zero-order valence-electron chi connectivity index (χ0n) is 19.5. The maximum atomic E-state index is 11.9. The first kappa shape index (κ1) is 22.8. The lowest BCUT2D eigenvalue weighted by Crippen LogP contribution is -2.49. The molecule has 0 radical (unpaired) electrons. The lowest BCUT2D eigenvalue weighted by molar-refractivity contribution is -0.116. The molecule has 0 saturated heterocycles. The quantitative estimate of drug-likeness (QED) is 0.567. The Balaban J connectivity index is 0.000000755. The van der Waals surface area contributed by atoms with Crippen molar-refractivity contribution in [3.8, 4) is 0 Å². The molecule has 2 saturated carbocycles. The maximum Gasteiger partial charge on any atom is 0.156 e. The van der Waals surface area contributed by atoms with E-state index in [-0.39, 0.29) is 12.0 Å². The molecule has 2 nitrogen and oxygen atoms in total. The van der Waals surface area contributed by atoms with Crippen molar-refractivity contribution in [1.82, 2.24) is 0 Å². The molecule has 0 amide bonds. The summed E-state index contributed by atoms with van der Waals surface area (Å²) in [6.07, 6.45) is 18.5. The summed E-state index contributed by atoms with van der Waals surface area (Å²) in [6.45, 7) is 11.9. The van der Waals surface area contributed by atoms with Gasteiger partial charge in [0.25, 0.3) is 0 Å². The molecule has 0 bridgehead atoms. The Kier molecular flexibility index (Phi) is 7.14. The molecule has 1 N–H and O–H groups in total. The summed E-state index contributed by atoms with van der Waals surface area (Å²) in [4.78, 5) is 11.9. The minimum Gasteiger partial charge on any atom is -0.397 e. The highest BCUT2D eigenvalue weighted by molar-refractivity contribution is 5.92. The van der Waals surface area contributed by atoms with Gasteiger partial charge in [-0.1, -0.05) is 59.1 Å². The Bertz CT molecular complexity index is 647. The standard InChI is InChI=1S/C25H38O.C2H6O/c1-5-6-7-17(2)21-10-11-22-20-9-8-18-16-19(26)12-14-24(18,3)23(20)13-15-25(21,22)4;1-2-3/h8-9,16-17,20-23H,5-7,10-15H2,1-4H3;3H,2H2,1H3. The number of aliphatic hydroxyl groups excluding tert-OH is 1. The van der Waals surface area contributed by atoms with Crippen LogP contribution in [0.2, 0.25) is 0 Å². The number of aliphatic hydroxyl groups is 1. The van der Waals surface area contributed by atoms with Crippen molar-refractivity contribution in [2.75, 3.05) is 6.61 Å². The summed E-state index contributed by atoms with van der Waals surface area (Å²) in [5, 5.41) is 7.57. The molecule has 4 rings (SSSR count). The fourth-order valence-electron chi connectivity index (χ4n) is 7.70. The largest absolute Gasteiger partial charge is 0.397 e. The summed E-state index contributed by atoms with van der Waals surface area (Å²) >= 11 is 0. The van der Waals surface area contributed by atoms with Crippen LogP contribution in [0.15, 0.2) is 23.8 Å². The second-order valence-corrected chi connectivity index (χ2v) is 10.8. The number of carbonyl (C=O) groups is 1. The lowest BCUT2D eigenvalue weighted by Gasteiger charge is -2.56. The highest BCUT2D eigenvalue weighted by Crippen LogP contribution is 2.66. The Morgan fingerprint density at radius 2 is 1.86 bits per heavy atom.